The molecule has 0 bridgehead atoms. The van der Waals surface area contributed by atoms with E-state index < -0.39 is 18.0 Å². The molecule has 0 amide bonds. The van der Waals surface area contributed by atoms with Crippen LogP contribution in [0.15, 0.2) is 30.3 Å². The first-order valence-electron chi connectivity index (χ1n) is 9.98. The number of alkyl halides is 2. The number of rotatable bonds is 10. The van der Waals surface area contributed by atoms with Crippen LogP contribution in [0.2, 0.25) is 0 Å². The number of unbranched alkanes of at least 4 members (excludes halogenated alkanes) is 3. The lowest BCUT2D eigenvalue weighted by atomic mass is 9.79. The molecule has 0 aliphatic heterocycles. The topological polar surface area (TPSA) is 46.5 Å². The monoisotopic (exact) mass is 380 g/mol. The van der Waals surface area contributed by atoms with Crippen molar-refractivity contribution >= 4 is 12.0 Å². The van der Waals surface area contributed by atoms with Crippen molar-refractivity contribution in [1.82, 2.24) is 0 Å². The van der Waals surface area contributed by atoms with Crippen LogP contribution in [-0.2, 0) is 4.79 Å². The Bertz CT molecular complexity index is 602. The predicted molar refractivity (Wildman–Crippen MR) is 103 cm³/mol. The Morgan fingerprint density at radius 2 is 1.81 bits per heavy atom. The molecule has 150 valence electrons. The zero-order valence-corrected chi connectivity index (χ0v) is 16.0. The van der Waals surface area contributed by atoms with E-state index in [1.165, 1.54) is 43.9 Å². The van der Waals surface area contributed by atoms with Crippen molar-refractivity contribution in [2.24, 2.45) is 11.8 Å². The van der Waals surface area contributed by atoms with E-state index in [-0.39, 0.29) is 5.75 Å². The maximum absolute atomic E-state index is 14.5. The summed E-state index contributed by atoms with van der Waals surface area (Å²) >= 11 is 0. The molecule has 1 aliphatic rings. The molecule has 1 aliphatic carbocycles. The minimum atomic E-state index is -3.17. The molecule has 1 fully saturated rings. The zero-order valence-electron chi connectivity index (χ0n) is 16.0. The number of halogens is 2. The minimum absolute atomic E-state index is 0.106. The summed E-state index contributed by atoms with van der Waals surface area (Å²) in [6.45, 7) is 2.19. The fraction of sp³-hybridized carbons (Fsp3) is 0.591. The molecule has 0 aromatic heterocycles. The highest BCUT2D eigenvalue weighted by atomic mass is 19.3. The van der Waals surface area contributed by atoms with Crippen molar-refractivity contribution in [3.63, 3.8) is 0 Å². The van der Waals surface area contributed by atoms with Gasteiger partial charge in [-0.1, -0.05) is 51.2 Å². The van der Waals surface area contributed by atoms with Crippen molar-refractivity contribution in [1.29, 1.82) is 0 Å². The summed E-state index contributed by atoms with van der Waals surface area (Å²) in [5.41, 5.74) is 0.622. The third-order valence-electron chi connectivity index (χ3n) is 5.34. The van der Waals surface area contributed by atoms with Gasteiger partial charge in [0.05, 0.1) is 5.92 Å². The predicted octanol–water partition coefficient (Wildman–Crippen LogP) is 6.53. The molecule has 0 saturated heterocycles. The first kappa shape index (κ1) is 21.4. The van der Waals surface area contributed by atoms with Crippen LogP contribution in [0.25, 0.3) is 6.08 Å². The molecule has 3 nitrogen and oxygen atoms in total. The molecule has 2 rings (SSSR count). The van der Waals surface area contributed by atoms with Crippen LogP contribution < -0.4 is 4.74 Å². The Balaban J connectivity index is 1.81. The van der Waals surface area contributed by atoms with E-state index in [1.807, 2.05) is 0 Å². The van der Waals surface area contributed by atoms with Gasteiger partial charge in [0, 0.05) is 6.08 Å². The highest BCUT2D eigenvalue weighted by Crippen LogP contribution is 2.41. The maximum atomic E-state index is 14.5. The lowest BCUT2D eigenvalue weighted by Crippen LogP contribution is -2.37. The van der Waals surface area contributed by atoms with Gasteiger partial charge in [0.25, 0.3) is 0 Å². The number of hydrogen-bond donors (Lipinski definition) is 1. The minimum Gasteiger partial charge on any atom is -0.478 e. The number of ether oxygens (including phenoxy) is 1. The van der Waals surface area contributed by atoms with Gasteiger partial charge < -0.3 is 9.84 Å². The number of hydrogen-bond acceptors (Lipinski definition) is 2. The molecule has 1 aromatic carbocycles. The van der Waals surface area contributed by atoms with Crippen LogP contribution in [0, 0.1) is 11.8 Å². The van der Waals surface area contributed by atoms with Crippen LogP contribution in [0.5, 0.6) is 5.75 Å². The summed E-state index contributed by atoms with van der Waals surface area (Å²) in [6, 6.07) is 6.04. The molecule has 1 saturated carbocycles. The van der Waals surface area contributed by atoms with Crippen molar-refractivity contribution in [2.75, 3.05) is 0 Å². The Hall–Kier alpha value is -1.91. The van der Waals surface area contributed by atoms with E-state index in [1.54, 1.807) is 12.1 Å². The first-order chi connectivity index (χ1) is 12.9. The second-order valence-electron chi connectivity index (χ2n) is 7.47. The van der Waals surface area contributed by atoms with E-state index in [4.69, 9.17) is 9.84 Å². The van der Waals surface area contributed by atoms with Crippen LogP contribution in [0.1, 0.15) is 70.3 Å². The summed E-state index contributed by atoms with van der Waals surface area (Å²) in [5.74, 6) is -1.11. The molecule has 0 radical (unpaired) electrons. The molecule has 0 heterocycles. The lowest BCUT2D eigenvalue weighted by molar-refractivity contribution is -0.223. The van der Waals surface area contributed by atoms with Crippen LogP contribution in [0.4, 0.5) is 8.78 Å². The van der Waals surface area contributed by atoms with E-state index in [0.717, 1.165) is 25.3 Å². The average molecular weight is 380 g/mol. The highest BCUT2D eigenvalue weighted by molar-refractivity contribution is 5.85. The van der Waals surface area contributed by atoms with Crippen LogP contribution in [-0.4, -0.2) is 17.2 Å². The van der Waals surface area contributed by atoms with Crippen LogP contribution in [0.3, 0.4) is 0 Å². The summed E-state index contributed by atoms with van der Waals surface area (Å²) < 4.78 is 34.0. The Labute approximate surface area is 160 Å². The molecular weight excluding hydrogens is 350 g/mol. The standard InChI is InChI=1S/C22H30F2O3/c1-2-3-4-5-6-17-7-12-19(13-8-17)22(23,24)27-20-14-9-18(10-15-20)11-16-21(25)26/h9-11,14-17,19H,2-8,12-13H2,1H3,(H,25,26)/b16-11+. The van der Waals surface area contributed by atoms with Gasteiger partial charge in [-0.3, -0.25) is 0 Å². The quantitative estimate of drug-likeness (QED) is 0.371. The maximum Gasteiger partial charge on any atom is 0.400 e. The Kier molecular flexibility index (Phi) is 8.26. The number of carboxylic acids is 1. The molecule has 1 N–H and O–H groups in total. The molecule has 0 atom stereocenters. The summed E-state index contributed by atoms with van der Waals surface area (Å²) in [6.07, 6.45) is 8.04. The lowest BCUT2D eigenvalue weighted by Gasteiger charge is -2.33. The summed E-state index contributed by atoms with van der Waals surface area (Å²) in [5, 5.41) is 8.61. The summed E-state index contributed by atoms with van der Waals surface area (Å²) in [7, 11) is 0. The van der Waals surface area contributed by atoms with E-state index in [0.29, 0.717) is 24.3 Å². The molecule has 5 heteroatoms. The van der Waals surface area contributed by atoms with Crippen molar-refractivity contribution in [3.8, 4) is 5.75 Å². The van der Waals surface area contributed by atoms with E-state index >= 15 is 0 Å². The molecular formula is C22H30F2O3. The number of benzene rings is 1. The number of carboxylic acid groups (broad SMARTS) is 1. The van der Waals surface area contributed by atoms with Gasteiger partial charge in [0.1, 0.15) is 5.75 Å². The third kappa shape index (κ3) is 7.31. The fourth-order valence-corrected chi connectivity index (χ4v) is 3.70. The summed E-state index contributed by atoms with van der Waals surface area (Å²) in [4.78, 5) is 10.5. The highest BCUT2D eigenvalue weighted by Gasteiger charge is 2.43. The molecule has 1 aromatic rings. The van der Waals surface area contributed by atoms with Gasteiger partial charge >= 0.3 is 12.1 Å². The Morgan fingerprint density at radius 1 is 1.15 bits per heavy atom. The van der Waals surface area contributed by atoms with Crippen LogP contribution >= 0.6 is 0 Å². The van der Waals surface area contributed by atoms with Gasteiger partial charge in [-0.05, 0) is 55.4 Å². The number of carbonyl (C=O) groups is 1. The second-order valence-corrected chi connectivity index (χ2v) is 7.47. The van der Waals surface area contributed by atoms with Gasteiger partial charge in [0.15, 0.2) is 0 Å². The van der Waals surface area contributed by atoms with Gasteiger partial charge in [0.2, 0.25) is 0 Å². The van der Waals surface area contributed by atoms with Gasteiger partial charge in [-0.2, -0.15) is 8.78 Å². The van der Waals surface area contributed by atoms with Gasteiger partial charge in [-0.15, -0.1) is 0 Å². The normalized spacial score (nSPS) is 20.7. The van der Waals surface area contributed by atoms with E-state index in [2.05, 4.69) is 6.92 Å². The van der Waals surface area contributed by atoms with Crippen molar-refractivity contribution in [2.45, 2.75) is 70.8 Å². The largest absolute Gasteiger partial charge is 0.478 e. The second kappa shape index (κ2) is 10.4. The van der Waals surface area contributed by atoms with Gasteiger partial charge in [-0.25, -0.2) is 4.79 Å². The van der Waals surface area contributed by atoms with Crippen molar-refractivity contribution in [3.05, 3.63) is 35.9 Å². The first-order valence-corrected chi connectivity index (χ1v) is 9.98. The molecule has 0 unspecified atom stereocenters. The van der Waals surface area contributed by atoms with Crippen molar-refractivity contribution < 1.29 is 23.4 Å². The van der Waals surface area contributed by atoms with E-state index in [9.17, 15) is 13.6 Å². The third-order valence-corrected chi connectivity index (χ3v) is 5.34. The zero-order chi connectivity index (χ0) is 19.7. The SMILES string of the molecule is CCCCCCC1CCC(C(F)(F)Oc2ccc(/C=C/C(=O)O)cc2)CC1. The smallest absolute Gasteiger partial charge is 0.400 e. The molecule has 27 heavy (non-hydrogen) atoms. The Morgan fingerprint density at radius 3 is 2.41 bits per heavy atom. The number of aliphatic carboxylic acids is 1. The molecule has 0 spiro atoms. The average Bonchev–Trinajstić information content (AvgIpc) is 2.65. The fourth-order valence-electron chi connectivity index (χ4n) is 3.70.